The van der Waals surface area contributed by atoms with Gasteiger partial charge in [0.2, 0.25) is 5.71 Å². The fourth-order valence-corrected chi connectivity index (χ4v) is 4.47. The quantitative estimate of drug-likeness (QED) is 0.447. The lowest BCUT2D eigenvalue weighted by molar-refractivity contribution is 0.0594. The molecule has 4 rings (SSSR count). The molecule has 1 saturated carbocycles. The number of rotatable bonds is 6. The van der Waals surface area contributed by atoms with Gasteiger partial charge in [0.25, 0.3) is 5.91 Å². The average molecular weight is 499 g/mol. The number of halogens is 1. The van der Waals surface area contributed by atoms with Crippen LogP contribution in [0.15, 0.2) is 10.7 Å². The first-order valence-corrected chi connectivity index (χ1v) is 10.6. The highest BCUT2D eigenvalue weighted by atomic mass is 127. The maximum Gasteiger partial charge on any atom is 0.258 e. The number of carbonyl (C=O) groups is 1. The van der Waals surface area contributed by atoms with Crippen molar-refractivity contribution in [2.75, 3.05) is 49.6 Å². The normalized spacial score (nSPS) is 19.2. The molecule has 1 aliphatic heterocycles. The summed E-state index contributed by atoms with van der Waals surface area (Å²) in [4.78, 5) is 26.4. The van der Waals surface area contributed by atoms with Crippen LogP contribution in [0, 0.1) is 6.92 Å². The van der Waals surface area contributed by atoms with E-state index in [2.05, 4.69) is 47.8 Å². The van der Waals surface area contributed by atoms with Crippen LogP contribution in [0.4, 0.5) is 5.82 Å². The van der Waals surface area contributed by atoms with Gasteiger partial charge in [-0.15, -0.1) is 0 Å². The Morgan fingerprint density at radius 3 is 2.68 bits per heavy atom. The van der Waals surface area contributed by atoms with Gasteiger partial charge in [-0.25, -0.2) is 9.97 Å². The molecule has 28 heavy (non-hydrogen) atoms. The maximum atomic E-state index is 13.4. The Morgan fingerprint density at radius 1 is 1.32 bits per heavy atom. The van der Waals surface area contributed by atoms with E-state index in [0.29, 0.717) is 36.7 Å². The first kappa shape index (κ1) is 19.8. The van der Waals surface area contributed by atoms with Gasteiger partial charge in [-0.2, -0.15) is 0 Å². The Morgan fingerprint density at radius 2 is 2.04 bits per heavy atom. The zero-order valence-corrected chi connectivity index (χ0v) is 18.7. The zero-order chi connectivity index (χ0) is 19.9. The zero-order valence-electron chi connectivity index (χ0n) is 16.6. The molecule has 1 aliphatic carbocycles. The average Bonchev–Trinajstić information content (AvgIpc) is 3.36. The molecule has 2 aromatic heterocycles. The van der Waals surface area contributed by atoms with E-state index in [4.69, 9.17) is 9.15 Å². The van der Waals surface area contributed by atoms with Gasteiger partial charge in [0.1, 0.15) is 12.1 Å². The molecule has 1 amide bonds. The Labute approximate surface area is 178 Å². The molecule has 3 heterocycles. The number of aryl methyl sites for hydroxylation is 1. The SMILES string of the molecule is COCCN1CCN(C(=O)c2c(C)oc3ncnc(N(I)C4(C)CC4)c23)CC1. The predicted molar refractivity (Wildman–Crippen MR) is 115 cm³/mol. The Kier molecular flexibility index (Phi) is 5.49. The number of furan rings is 1. The lowest BCUT2D eigenvalue weighted by atomic mass is 10.1. The summed E-state index contributed by atoms with van der Waals surface area (Å²) in [7, 11) is 1.71. The fourth-order valence-electron chi connectivity index (χ4n) is 3.62. The molecule has 0 atom stereocenters. The molecular weight excluding hydrogens is 473 g/mol. The van der Waals surface area contributed by atoms with E-state index in [-0.39, 0.29) is 11.4 Å². The van der Waals surface area contributed by atoms with E-state index >= 15 is 0 Å². The van der Waals surface area contributed by atoms with Gasteiger partial charge in [0.15, 0.2) is 5.82 Å². The second-order valence-electron chi connectivity index (χ2n) is 7.82. The summed E-state index contributed by atoms with van der Waals surface area (Å²) in [6, 6.07) is 0. The number of ether oxygens (including phenoxy) is 1. The van der Waals surface area contributed by atoms with Gasteiger partial charge < -0.3 is 14.1 Å². The van der Waals surface area contributed by atoms with Crippen molar-refractivity contribution < 1.29 is 13.9 Å². The Hall–Kier alpha value is -1.46. The van der Waals surface area contributed by atoms with E-state index in [1.165, 1.54) is 6.33 Å². The molecule has 2 aromatic rings. The molecule has 8 nitrogen and oxygen atoms in total. The van der Waals surface area contributed by atoms with Crippen molar-refractivity contribution in [1.29, 1.82) is 0 Å². The number of hydrogen-bond acceptors (Lipinski definition) is 7. The van der Waals surface area contributed by atoms with E-state index in [0.717, 1.165) is 43.7 Å². The standard InChI is InChI=1S/C19H26IN5O3/c1-13-14(18(26)24-8-6-23(7-9-24)10-11-27-3)15-16(21-12-22-17(15)28-13)25(20)19(2)4-5-19/h12H,4-11H2,1-3H3. The summed E-state index contributed by atoms with van der Waals surface area (Å²) in [5.74, 6) is 1.38. The molecule has 2 aliphatic rings. The number of fused-ring (bicyclic) bond motifs is 1. The van der Waals surface area contributed by atoms with Crippen LogP contribution in [0.2, 0.25) is 0 Å². The van der Waals surface area contributed by atoms with E-state index in [9.17, 15) is 4.79 Å². The smallest absolute Gasteiger partial charge is 0.258 e. The minimum atomic E-state index is 0.00411. The third-order valence-corrected chi connectivity index (χ3v) is 7.38. The molecule has 152 valence electrons. The highest BCUT2D eigenvalue weighted by Crippen LogP contribution is 2.47. The summed E-state index contributed by atoms with van der Waals surface area (Å²) < 4.78 is 13.2. The maximum absolute atomic E-state index is 13.4. The number of hydrogen-bond donors (Lipinski definition) is 0. The molecular formula is C19H26IN5O3. The van der Waals surface area contributed by atoms with Crippen LogP contribution < -0.4 is 3.11 Å². The predicted octanol–water partition coefficient (Wildman–Crippen LogP) is 2.64. The van der Waals surface area contributed by atoms with Crippen LogP contribution in [0.3, 0.4) is 0 Å². The van der Waals surface area contributed by atoms with Crippen LogP contribution in [0.25, 0.3) is 11.1 Å². The van der Waals surface area contributed by atoms with Gasteiger partial charge in [-0.3, -0.25) is 12.8 Å². The first-order valence-electron chi connectivity index (χ1n) is 9.65. The van der Waals surface area contributed by atoms with Crippen molar-refractivity contribution in [2.45, 2.75) is 32.2 Å². The molecule has 0 radical (unpaired) electrons. The van der Waals surface area contributed by atoms with Gasteiger partial charge in [0.05, 0.1) is 40.4 Å². The van der Waals surface area contributed by atoms with Crippen molar-refractivity contribution in [3.63, 3.8) is 0 Å². The number of amides is 1. The van der Waals surface area contributed by atoms with Gasteiger partial charge >= 0.3 is 0 Å². The van der Waals surface area contributed by atoms with Crippen LogP contribution in [-0.2, 0) is 4.74 Å². The minimum Gasteiger partial charge on any atom is -0.442 e. The summed E-state index contributed by atoms with van der Waals surface area (Å²) in [5.41, 5.74) is 1.16. The largest absolute Gasteiger partial charge is 0.442 e. The van der Waals surface area contributed by atoms with Crippen molar-refractivity contribution in [1.82, 2.24) is 19.8 Å². The van der Waals surface area contributed by atoms with Crippen molar-refractivity contribution in [3.8, 4) is 0 Å². The molecule has 0 N–H and O–H groups in total. The third kappa shape index (κ3) is 3.59. The van der Waals surface area contributed by atoms with Crippen molar-refractivity contribution in [2.24, 2.45) is 0 Å². The summed E-state index contributed by atoms with van der Waals surface area (Å²) in [5, 5.41) is 0.731. The topological polar surface area (TPSA) is 74.9 Å². The highest BCUT2D eigenvalue weighted by molar-refractivity contribution is 14.1. The fraction of sp³-hybridized carbons (Fsp3) is 0.632. The number of methoxy groups -OCH3 is 1. The molecule has 9 heteroatoms. The van der Waals surface area contributed by atoms with Crippen molar-refractivity contribution >= 4 is 45.7 Å². The monoisotopic (exact) mass is 499 g/mol. The number of carbonyl (C=O) groups excluding carboxylic acids is 1. The molecule has 0 spiro atoms. The summed E-state index contributed by atoms with van der Waals surface area (Å²) in [6.45, 7) is 8.75. The van der Waals surface area contributed by atoms with Gasteiger partial charge in [0, 0.05) is 45.4 Å². The summed E-state index contributed by atoms with van der Waals surface area (Å²) >= 11 is 2.30. The molecule has 0 aromatic carbocycles. The van der Waals surface area contributed by atoms with Gasteiger partial charge in [-0.1, -0.05) is 0 Å². The molecule has 0 bridgehead atoms. The molecule has 2 fully saturated rings. The summed E-state index contributed by atoms with van der Waals surface area (Å²) in [6.07, 6.45) is 3.75. The Bertz CT molecular complexity index is 874. The van der Waals surface area contributed by atoms with E-state index in [1.54, 1.807) is 7.11 Å². The van der Waals surface area contributed by atoms with Crippen LogP contribution in [0.5, 0.6) is 0 Å². The molecule has 1 saturated heterocycles. The van der Waals surface area contributed by atoms with E-state index < -0.39 is 0 Å². The lowest BCUT2D eigenvalue weighted by Gasteiger charge is -2.34. The number of nitrogens with zero attached hydrogens (tertiary/aromatic N) is 5. The lowest BCUT2D eigenvalue weighted by Crippen LogP contribution is -2.49. The second kappa shape index (κ2) is 7.75. The molecule has 0 unspecified atom stereocenters. The first-order chi connectivity index (χ1) is 13.4. The minimum absolute atomic E-state index is 0.00411. The van der Waals surface area contributed by atoms with E-state index in [1.807, 2.05) is 11.8 Å². The Balaban J connectivity index is 1.62. The number of piperazine rings is 1. The van der Waals surface area contributed by atoms with Crippen LogP contribution >= 0.6 is 22.9 Å². The van der Waals surface area contributed by atoms with Crippen LogP contribution in [0.1, 0.15) is 35.9 Å². The highest BCUT2D eigenvalue weighted by Gasteiger charge is 2.44. The third-order valence-electron chi connectivity index (χ3n) is 5.76. The van der Waals surface area contributed by atoms with Crippen molar-refractivity contribution in [3.05, 3.63) is 17.7 Å². The second-order valence-corrected chi connectivity index (χ2v) is 8.78. The van der Waals surface area contributed by atoms with Crippen LogP contribution in [-0.4, -0.2) is 77.7 Å². The van der Waals surface area contributed by atoms with Gasteiger partial charge in [-0.05, 0) is 26.7 Å². The number of anilines is 1. The number of aromatic nitrogens is 2.